The predicted molar refractivity (Wildman–Crippen MR) is 77.3 cm³/mol. The van der Waals surface area contributed by atoms with Crippen molar-refractivity contribution < 1.29 is 14.7 Å². The number of hydrogen-bond acceptors (Lipinski definition) is 2. The van der Waals surface area contributed by atoms with Gasteiger partial charge >= 0.3 is 5.97 Å². The molecule has 0 radical (unpaired) electrons. The number of carbonyl (C=O) groups is 2. The van der Waals surface area contributed by atoms with E-state index in [9.17, 15) is 9.59 Å². The molecule has 1 aliphatic heterocycles. The van der Waals surface area contributed by atoms with Crippen molar-refractivity contribution in [3.05, 3.63) is 0 Å². The number of amides is 1. The highest BCUT2D eigenvalue weighted by Crippen LogP contribution is 2.32. The number of aliphatic carboxylic acids is 1. The van der Waals surface area contributed by atoms with Gasteiger partial charge in [0.2, 0.25) is 5.91 Å². The molecular weight excluding hydrogens is 254 g/mol. The zero-order chi connectivity index (χ0) is 14.7. The molecule has 1 saturated heterocycles. The smallest absolute Gasteiger partial charge is 0.306 e. The maximum atomic E-state index is 12.7. The first-order chi connectivity index (χ1) is 9.49. The molecule has 0 spiro atoms. The van der Waals surface area contributed by atoms with E-state index < -0.39 is 5.97 Å². The van der Waals surface area contributed by atoms with Crippen molar-refractivity contribution >= 4 is 11.9 Å². The summed E-state index contributed by atoms with van der Waals surface area (Å²) in [7, 11) is 0. The van der Waals surface area contributed by atoms with Gasteiger partial charge < -0.3 is 10.0 Å². The Morgan fingerprint density at radius 2 is 1.55 bits per heavy atom. The van der Waals surface area contributed by atoms with Crippen molar-refractivity contribution in [3.8, 4) is 0 Å². The molecule has 20 heavy (non-hydrogen) atoms. The van der Waals surface area contributed by atoms with Crippen LogP contribution >= 0.6 is 0 Å². The average molecular weight is 281 g/mol. The first kappa shape index (κ1) is 15.3. The van der Waals surface area contributed by atoms with Crippen molar-refractivity contribution in [1.29, 1.82) is 0 Å². The normalized spacial score (nSPS) is 35.4. The number of likely N-dealkylation sites (tertiary alicyclic amines) is 1. The number of nitrogens with zero attached hydrogens (tertiary/aromatic N) is 1. The molecule has 1 N–H and O–H groups in total. The molecule has 0 aromatic heterocycles. The molecular formula is C16H27NO3. The molecule has 0 aromatic carbocycles. The number of rotatable bonds is 2. The van der Waals surface area contributed by atoms with Crippen molar-refractivity contribution in [2.45, 2.75) is 64.8 Å². The summed E-state index contributed by atoms with van der Waals surface area (Å²) in [5, 5.41) is 9.03. The molecule has 2 fully saturated rings. The average Bonchev–Trinajstić information content (AvgIpc) is 2.59. The zero-order valence-electron chi connectivity index (χ0n) is 12.7. The number of hydrogen-bond donors (Lipinski definition) is 1. The minimum absolute atomic E-state index is 0.0540. The van der Waals surface area contributed by atoms with Gasteiger partial charge in [-0.15, -0.1) is 0 Å². The Hall–Kier alpha value is -1.06. The van der Waals surface area contributed by atoms with Gasteiger partial charge in [-0.1, -0.05) is 13.3 Å². The van der Waals surface area contributed by atoms with Crippen molar-refractivity contribution in [2.24, 2.45) is 17.8 Å². The lowest BCUT2D eigenvalue weighted by atomic mass is 9.81. The lowest BCUT2D eigenvalue weighted by molar-refractivity contribution is -0.146. The first-order valence-corrected chi connectivity index (χ1v) is 8.02. The predicted octanol–water partition coefficient (Wildman–Crippen LogP) is 2.91. The second-order valence-corrected chi connectivity index (χ2v) is 6.76. The quantitative estimate of drug-likeness (QED) is 0.846. The van der Waals surface area contributed by atoms with Crippen LogP contribution in [0.4, 0.5) is 0 Å². The molecule has 4 nitrogen and oxygen atoms in total. The Morgan fingerprint density at radius 3 is 2.15 bits per heavy atom. The molecule has 1 amide bonds. The van der Waals surface area contributed by atoms with Crippen molar-refractivity contribution in [1.82, 2.24) is 4.90 Å². The van der Waals surface area contributed by atoms with E-state index >= 15 is 0 Å². The third kappa shape index (κ3) is 3.53. The van der Waals surface area contributed by atoms with Gasteiger partial charge in [0.1, 0.15) is 0 Å². The van der Waals surface area contributed by atoms with E-state index in [4.69, 9.17) is 5.11 Å². The van der Waals surface area contributed by atoms with Crippen LogP contribution in [-0.2, 0) is 9.59 Å². The summed E-state index contributed by atoms with van der Waals surface area (Å²) in [5.41, 5.74) is 0. The Balaban J connectivity index is 1.95. The van der Waals surface area contributed by atoms with E-state index in [0.717, 1.165) is 25.8 Å². The third-order valence-electron chi connectivity index (χ3n) is 5.07. The van der Waals surface area contributed by atoms with Gasteiger partial charge in [-0.3, -0.25) is 9.59 Å². The van der Waals surface area contributed by atoms with Crippen LogP contribution in [0.1, 0.15) is 58.8 Å². The van der Waals surface area contributed by atoms with Crippen LogP contribution in [0.15, 0.2) is 0 Å². The fourth-order valence-electron chi connectivity index (χ4n) is 3.65. The monoisotopic (exact) mass is 281 g/mol. The number of carbonyl (C=O) groups excluding carboxylic acids is 1. The van der Waals surface area contributed by atoms with Crippen molar-refractivity contribution in [3.63, 3.8) is 0 Å². The Kier molecular flexibility index (Phi) is 5.06. The van der Waals surface area contributed by atoms with E-state index in [1.807, 2.05) is 0 Å². The highest BCUT2D eigenvalue weighted by atomic mass is 16.4. The molecule has 4 heteroatoms. The Bertz CT molecular complexity index is 361. The summed E-state index contributed by atoms with van der Waals surface area (Å²) in [5.74, 6) is -0.0279. The number of carboxylic acids is 1. The van der Waals surface area contributed by atoms with Gasteiger partial charge in [0.15, 0.2) is 0 Å². The molecule has 2 rings (SSSR count). The van der Waals surface area contributed by atoms with E-state index in [-0.39, 0.29) is 17.7 Å². The SMILES string of the molecule is CC1CCCC(C)N(C(=O)C2CCC(C(=O)O)CC2)C1. The van der Waals surface area contributed by atoms with Crippen LogP contribution in [0.25, 0.3) is 0 Å². The van der Waals surface area contributed by atoms with Gasteiger partial charge in [0.25, 0.3) is 0 Å². The maximum absolute atomic E-state index is 12.7. The first-order valence-electron chi connectivity index (χ1n) is 8.02. The molecule has 2 unspecified atom stereocenters. The minimum atomic E-state index is -0.701. The van der Waals surface area contributed by atoms with Crippen LogP contribution in [0.3, 0.4) is 0 Å². The zero-order valence-corrected chi connectivity index (χ0v) is 12.7. The topological polar surface area (TPSA) is 57.6 Å². The largest absolute Gasteiger partial charge is 0.481 e. The highest BCUT2D eigenvalue weighted by molar-refractivity contribution is 5.80. The van der Waals surface area contributed by atoms with Crippen LogP contribution in [-0.4, -0.2) is 34.5 Å². The molecule has 0 aromatic rings. The fraction of sp³-hybridized carbons (Fsp3) is 0.875. The van der Waals surface area contributed by atoms with Gasteiger partial charge in [-0.2, -0.15) is 0 Å². The summed E-state index contributed by atoms with van der Waals surface area (Å²) in [6.07, 6.45) is 6.31. The molecule has 114 valence electrons. The Labute approximate surface area is 121 Å². The molecule has 1 aliphatic carbocycles. The Morgan fingerprint density at radius 1 is 0.950 bits per heavy atom. The van der Waals surface area contributed by atoms with Crippen LogP contribution in [0.5, 0.6) is 0 Å². The van der Waals surface area contributed by atoms with Gasteiger partial charge in [0, 0.05) is 18.5 Å². The van der Waals surface area contributed by atoms with Crippen LogP contribution in [0.2, 0.25) is 0 Å². The minimum Gasteiger partial charge on any atom is -0.481 e. The molecule has 0 bridgehead atoms. The standard InChI is InChI=1S/C16H27NO3/c1-11-4-3-5-12(2)17(10-11)15(18)13-6-8-14(9-7-13)16(19)20/h11-14H,3-10H2,1-2H3,(H,19,20). The van der Waals surface area contributed by atoms with E-state index in [1.165, 1.54) is 12.8 Å². The molecule has 2 atom stereocenters. The summed E-state index contributed by atoms with van der Waals surface area (Å²) in [6, 6.07) is 0.338. The van der Waals surface area contributed by atoms with Crippen molar-refractivity contribution in [2.75, 3.05) is 6.54 Å². The third-order valence-corrected chi connectivity index (χ3v) is 5.07. The summed E-state index contributed by atoms with van der Waals surface area (Å²) < 4.78 is 0. The lowest BCUT2D eigenvalue weighted by Gasteiger charge is -2.34. The van der Waals surface area contributed by atoms with E-state index in [2.05, 4.69) is 18.7 Å². The van der Waals surface area contributed by atoms with Crippen LogP contribution in [0, 0.1) is 17.8 Å². The summed E-state index contributed by atoms with van der Waals surface area (Å²) in [4.78, 5) is 25.8. The fourth-order valence-corrected chi connectivity index (χ4v) is 3.65. The van der Waals surface area contributed by atoms with E-state index in [1.54, 1.807) is 0 Å². The lowest BCUT2D eigenvalue weighted by Crippen LogP contribution is -2.44. The van der Waals surface area contributed by atoms with Gasteiger partial charge in [-0.05, 0) is 51.4 Å². The second kappa shape index (κ2) is 6.59. The van der Waals surface area contributed by atoms with Crippen LogP contribution < -0.4 is 0 Å². The molecule has 1 saturated carbocycles. The molecule has 2 aliphatic rings. The van der Waals surface area contributed by atoms with Gasteiger partial charge in [-0.25, -0.2) is 0 Å². The molecule has 1 heterocycles. The van der Waals surface area contributed by atoms with Gasteiger partial charge in [0.05, 0.1) is 5.92 Å². The highest BCUT2D eigenvalue weighted by Gasteiger charge is 2.34. The summed E-state index contributed by atoms with van der Waals surface area (Å²) >= 11 is 0. The number of carboxylic acid groups (broad SMARTS) is 1. The summed E-state index contributed by atoms with van der Waals surface area (Å²) in [6.45, 7) is 5.25. The second-order valence-electron chi connectivity index (χ2n) is 6.76. The maximum Gasteiger partial charge on any atom is 0.306 e. The van der Waals surface area contributed by atoms with E-state index in [0.29, 0.717) is 24.8 Å².